The third-order valence-corrected chi connectivity index (χ3v) is 4.20. The fourth-order valence-corrected chi connectivity index (χ4v) is 3.67. The maximum atomic E-state index is 11.2. The molecule has 0 fully saturated rings. The van der Waals surface area contributed by atoms with Gasteiger partial charge in [-0.05, 0) is 13.0 Å². The van der Waals surface area contributed by atoms with Crippen LogP contribution in [0.4, 0.5) is 0 Å². The highest BCUT2D eigenvalue weighted by Crippen LogP contribution is 2.14. The molecule has 0 aromatic carbocycles. The van der Waals surface area contributed by atoms with Gasteiger partial charge in [0.2, 0.25) is 0 Å². The van der Waals surface area contributed by atoms with Crippen LogP contribution < -0.4 is 0 Å². The average molecular weight is 292 g/mol. The first kappa shape index (κ1) is 15.6. The Morgan fingerprint density at radius 2 is 2.17 bits per heavy atom. The number of aliphatic hydroxyl groups excluding tert-OH is 1. The van der Waals surface area contributed by atoms with Crippen molar-refractivity contribution in [1.82, 2.24) is 9.88 Å². The lowest BCUT2D eigenvalue weighted by molar-refractivity contribution is 0.189. The van der Waals surface area contributed by atoms with Crippen LogP contribution in [-0.4, -0.2) is 49.4 Å². The molecule has 0 saturated carbocycles. The Labute approximate surface area is 112 Å². The summed E-state index contributed by atoms with van der Waals surface area (Å²) in [6.07, 6.45) is 2.23. The molecule has 0 unspecified atom stereocenters. The lowest BCUT2D eigenvalue weighted by Crippen LogP contribution is -2.27. The van der Waals surface area contributed by atoms with Gasteiger partial charge in [0.15, 0.2) is 9.84 Å². The first-order valence-corrected chi connectivity index (χ1v) is 8.83. The van der Waals surface area contributed by atoms with Gasteiger partial charge in [0, 0.05) is 24.7 Å². The molecule has 0 aliphatic heterocycles. The molecule has 0 bridgehead atoms. The molecule has 0 atom stereocenters. The SMILES string of the molecule is CCCN(CCO)Cc1csc(CS(C)(=O)=O)n1. The van der Waals surface area contributed by atoms with E-state index in [0.29, 0.717) is 18.1 Å². The standard InChI is InChI=1S/C11H20N2O3S2/c1-3-4-13(5-6-14)7-10-8-17-11(12-10)9-18(2,15)16/h8,14H,3-7,9H2,1-2H3. The van der Waals surface area contributed by atoms with Crippen molar-refractivity contribution in [3.63, 3.8) is 0 Å². The van der Waals surface area contributed by atoms with Crippen LogP contribution in [0.15, 0.2) is 5.38 Å². The van der Waals surface area contributed by atoms with Crippen LogP contribution in [0.3, 0.4) is 0 Å². The largest absolute Gasteiger partial charge is 0.395 e. The molecule has 0 aliphatic carbocycles. The summed E-state index contributed by atoms with van der Waals surface area (Å²) in [7, 11) is -3.02. The Kier molecular flexibility index (Phi) is 6.20. The predicted octanol–water partition coefficient (Wildman–Crippen LogP) is 0.892. The highest BCUT2D eigenvalue weighted by Gasteiger charge is 2.11. The van der Waals surface area contributed by atoms with Crippen LogP contribution in [0.25, 0.3) is 0 Å². The monoisotopic (exact) mass is 292 g/mol. The fraction of sp³-hybridized carbons (Fsp3) is 0.727. The first-order chi connectivity index (χ1) is 8.44. The van der Waals surface area contributed by atoms with E-state index in [0.717, 1.165) is 18.7 Å². The smallest absolute Gasteiger partial charge is 0.153 e. The van der Waals surface area contributed by atoms with Gasteiger partial charge in [-0.15, -0.1) is 11.3 Å². The molecule has 0 saturated heterocycles. The van der Waals surface area contributed by atoms with Crippen molar-refractivity contribution in [2.45, 2.75) is 25.6 Å². The van der Waals surface area contributed by atoms with Crippen LogP contribution in [0.1, 0.15) is 24.0 Å². The van der Waals surface area contributed by atoms with Crippen LogP contribution in [0.2, 0.25) is 0 Å². The molecule has 104 valence electrons. The van der Waals surface area contributed by atoms with Gasteiger partial charge in [-0.3, -0.25) is 4.90 Å². The molecule has 18 heavy (non-hydrogen) atoms. The zero-order chi connectivity index (χ0) is 13.6. The van der Waals surface area contributed by atoms with E-state index in [1.807, 2.05) is 5.38 Å². The maximum Gasteiger partial charge on any atom is 0.153 e. The van der Waals surface area contributed by atoms with Crippen LogP contribution in [0, 0.1) is 0 Å². The Bertz CT molecular complexity index is 451. The van der Waals surface area contributed by atoms with E-state index in [-0.39, 0.29) is 12.4 Å². The molecule has 0 spiro atoms. The van der Waals surface area contributed by atoms with Crippen molar-refractivity contribution in [2.24, 2.45) is 0 Å². The Balaban J connectivity index is 2.61. The van der Waals surface area contributed by atoms with Crippen molar-refractivity contribution in [3.05, 3.63) is 16.1 Å². The zero-order valence-electron chi connectivity index (χ0n) is 10.8. The van der Waals surface area contributed by atoms with Crippen LogP contribution in [-0.2, 0) is 22.1 Å². The van der Waals surface area contributed by atoms with E-state index < -0.39 is 9.84 Å². The van der Waals surface area contributed by atoms with Crippen LogP contribution in [0.5, 0.6) is 0 Å². The topological polar surface area (TPSA) is 70.5 Å². The maximum absolute atomic E-state index is 11.2. The molecule has 1 heterocycles. The predicted molar refractivity (Wildman–Crippen MR) is 73.3 cm³/mol. The average Bonchev–Trinajstić information content (AvgIpc) is 2.63. The number of hydrogen-bond acceptors (Lipinski definition) is 6. The summed E-state index contributed by atoms with van der Waals surface area (Å²) >= 11 is 1.38. The third kappa shape index (κ3) is 5.90. The normalized spacial score (nSPS) is 12.2. The Morgan fingerprint density at radius 1 is 1.44 bits per heavy atom. The minimum absolute atomic E-state index is 0.00540. The number of nitrogens with zero attached hydrogens (tertiary/aromatic N) is 2. The van der Waals surface area contributed by atoms with E-state index in [9.17, 15) is 8.42 Å². The minimum Gasteiger partial charge on any atom is -0.395 e. The number of hydrogen-bond donors (Lipinski definition) is 1. The first-order valence-electron chi connectivity index (χ1n) is 5.89. The lowest BCUT2D eigenvalue weighted by atomic mass is 10.3. The quantitative estimate of drug-likeness (QED) is 0.770. The third-order valence-electron chi connectivity index (χ3n) is 2.33. The highest BCUT2D eigenvalue weighted by atomic mass is 32.2. The summed E-state index contributed by atoms with van der Waals surface area (Å²) in [6.45, 7) is 4.39. The Morgan fingerprint density at radius 3 is 2.72 bits per heavy atom. The van der Waals surface area contributed by atoms with Crippen molar-refractivity contribution in [1.29, 1.82) is 0 Å². The highest BCUT2D eigenvalue weighted by molar-refractivity contribution is 7.90. The Hall–Kier alpha value is -0.500. The molecule has 1 aromatic heterocycles. The summed E-state index contributed by atoms with van der Waals surface area (Å²) in [5.41, 5.74) is 0.876. The number of rotatable bonds is 8. The molecule has 5 nitrogen and oxygen atoms in total. The second-order valence-corrected chi connectivity index (χ2v) is 7.39. The van der Waals surface area contributed by atoms with Crippen LogP contribution >= 0.6 is 11.3 Å². The van der Waals surface area contributed by atoms with E-state index in [2.05, 4.69) is 16.8 Å². The lowest BCUT2D eigenvalue weighted by Gasteiger charge is -2.18. The second kappa shape index (κ2) is 7.18. The number of aromatic nitrogens is 1. The van der Waals surface area contributed by atoms with Gasteiger partial charge in [0.1, 0.15) is 10.8 Å². The molecule has 1 rings (SSSR count). The van der Waals surface area contributed by atoms with Gasteiger partial charge in [-0.2, -0.15) is 0 Å². The van der Waals surface area contributed by atoms with Gasteiger partial charge < -0.3 is 5.11 Å². The number of aliphatic hydroxyl groups is 1. The van der Waals surface area contributed by atoms with Crippen molar-refractivity contribution >= 4 is 21.2 Å². The molecule has 0 radical (unpaired) electrons. The summed E-state index contributed by atoms with van der Waals surface area (Å²) < 4.78 is 22.3. The number of sulfone groups is 1. The van der Waals surface area contributed by atoms with Gasteiger partial charge in [-0.1, -0.05) is 6.92 Å². The van der Waals surface area contributed by atoms with Gasteiger partial charge in [0.25, 0.3) is 0 Å². The molecule has 7 heteroatoms. The molecule has 0 aliphatic rings. The molecular formula is C11H20N2O3S2. The van der Waals surface area contributed by atoms with E-state index in [4.69, 9.17) is 5.11 Å². The molecule has 0 amide bonds. The molecular weight excluding hydrogens is 272 g/mol. The zero-order valence-corrected chi connectivity index (χ0v) is 12.4. The summed E-state index contributed by atoms with van der Waals surface area (Å²) in [5, 5.41) is 11.5. The van der Waals surface area contributed by atoms with Gasteiger partial charge >= 0.3 is 0 Å². The molecule has 1 N–H and O–H groups in total. The van der Waals surface area contributed by atoms with Crippen molar-refractivity contribution < 1.29 is 13.5 Å². The van der Waals surface area contributed by atoms with Crippen molar-refractivity contribution in [3.8, 4) is 0 Å². The number of thiazole rings is 1. The van der Waals surface area contributed by atoms with Crippen molar-refractivity contribution in [2.75, 3.05) is 26.0 Å². The molecule has 1 aromatic rings. The van der Waals surface area contributed by atoms with Gasteiger partial charge in [-0.25, -0.2) is 13.4 Å². The van der Waals surface area contributed by atoms with E-state index >= 15 is 0 Å². The summed E-state index contributed by atoms with van der Waals surface area (Å²) in [6, 6.07) is 0. The van der Waals surface area contributed by atoms with Gasteiger partial charge in [0.05, 0.1) is 12.3 Å². The second-order valence-electron chi connectivity index (χ2n) is 4.30. The minimum atomic E-state index is -3.02. The fourth-order valence-electron chi connectivity index (χ4n) is 1.67. The van der Waals surface area contributed by atoms with E-state index in [1.165, 1.54) is 17.6 Å². The van der Waals surface area contributed by atoms with E-state index in [1.54, 1.807) is 0 Å². The summed E-state index contributed by atoms with van der Waals surface area (Å²) in [5.74, 6) is 0.00540. The summed E-state index contributed by atoms with van der Waals surface area (Å²) in [4.78, 5) is 6.43.